The maximum Gasteiger partial charge on any atom is 0.573 e. The van der Waals surface area contributed by atoms with Crippen LogP contribution in [-0.2, 0) is 0 Å². The van der Waals surface area contributed by atoms with E-state index >= 15 is 0 Å². The van der Waals surface area contributed by atoms with Gasteiger partial charge in [0.2, 0.25) is 0 Å². The third-order valence-corrected chi connectivity index (χ3v) is 6.50. The standard InChI is InChI=1S/C24H22F3N5O2/c25-24(26,27)34-19-4-2-18(3-5-19)31-22(33)16-10-20(17-11-28-15-29-12-17)21(30-13-16)32-9-8-23(14-32)6-1-7-23/h2-5,10-13,15H,1,6-9,14H2,(H,31,33). The van der Waals surface area contributed by atoms with Crippen molar-refractivity contribution in [3.8, 4) is 16.9 Å². The molecule has 10 heteroatoms. The Morgan fingerprint density at radius 2 is 1.79 bits per heavy atom. The molecule has 2 aliphatic rings. The second kappa shape index (κ2) is 8.58. The van der Waals surface area contributed by atoms with Gasteiger partial charge in [-0.15, -0.1) is 13.2 Å². The first kappa shape index (κ1) is 22.1. The number of nitrogens with zero attached hydrogens (tertiary/aromatic N) is 4. The average Bonchev–Trinajstić information content (AvgIpc) is 3.26. The third kappa shape index (κ3) is 4.66. The van der Waals surface area contributed by atoms with E-state index in [-0.39, 0.29) is 5.75 Å². The minimum Gasteiger partial charge on any atom is -0.406 e. The molecular weight excluding hydrogens is 447 g/mol. The second-order valence-electron chi connectivity index (χ2n) is 8.77. The Morgan fingerprint density at radius 3 is 2.41 bits per heavy atom. The highest BCUT2D eigenvalue weighted by Crippen LogP contribution is 2.49. The van der Waals surface area contributed by atoms with Crippen LogP contribution in [0.2, 0.25) is 0 Å². The summed E-state index contributed by atoms with van der Waals surface area (Å²) in [5, 5.41) is 2.69. The van der Waals surface area contributed by atoms with Gasteiger partial charge in [0.05, 0.1) is 5.56 Å². The summed E-state index contributed by atoms with van der Waals surface area (Å²) in [7, 11) is 0. The number of hydrogen-bond donors (Lipinski definition) is 1. The van der Waals surface area contributed by atoms with Crippen LogP contribution >= 0.6 is 0 Å². The molecular formula is C24H22F3N5O2. The summed E-state index contributed by atoms with van der Waals surface area (Å²) in [6, 6.07) is 6.72. The number of nitrogens with one attached hydrogen (secondary N) is 1. The monoisotopic (exact) mass is 469 g/mol. The molecule has 176 valence electrons. The highest BCUT2D eigenvalue weighted by Gasteiger charge is 2.43. The zero-order valence-corrected chi connectivity index (χ0v) is 18.2. The number of halogens is 3. The smallest absolute Gasteiger partial charge is 0.406 e. The Bertz CT molecular complexity index is 1180. The summed E-state index contributed by atoms with van der Waals surface area (Å²) < 4.78 is 40.9. The Labute approximate surface area is 194 Å². The number of aromatic nitrogens is 3. The lowest BCUT2D eigenvalue weighted by molar-refractivity contribution is -0.274. The molecule has 1 aliphatic heterocycles. The predicted octanol–water partition coefficient (Wildman–Crippen LogP) is 5.07. The van der Waals surface area contributed by atoms with Gasteiger partial charge in [-0.2, -0.15) is 0 Å². The fourth-order valence-corrected chi connectivity index (χ4v) is 4.63. The molecule has 0 atom stereocenters. The molecule has 2 fully saturated rings. The number of carbonyl (C=O) groups is 1. The van der Waals surface area contributed by atoms with Crippen LogP contribution in [0.1, 0.15) is 36.0 Å². The number of carbonyl (C=O) groups excluding carboxylic acids is 1. The van der Waals surface area contributed by atoms with Gasteiger partial charge in [-0.05, 0) is 55.0 Å². The molecule has 0 radical (unpaired) electrons. The maximum atomic E-state index is 12.9. The summed E-state index contributed by atoms with van der Waals surface area (Å²) >= 11 is 0. The normalized spacial score (nSPS) is 16.9. The highest BCUT2D eigenvalue weighted by atomic mass is 19.4. The van der Waals surface area contributed by atoms with Crippen molar-refractivity contribution in [1.82, 2.24) is 15.0 Å². The fraction of sp³-hybridized carbons (Fsp3) is 0.333. The number of hydrogen-bond acceptors (Lipinski definition) is 6. The van der Waals surface area contributed by atoms with Crippen LogP contribution < -0.4 is 15.0 Å². The van der Waals surface area contributed by atoms with Crippen molar-refractivity contribution in [2.45, 2.75) is 32.0 Å². The Hall–Kier alpha value is -3.69. The zero-order chi connectivity index (χ0) is 23.8. The molecule has 5 rings (SSSR count). The van der Waals surface area contributed by atoms with Crippen molar-refractivity contribution in [2.24, 2.45) is 5.41 Å². The van der Waals surface area contributed by atoms with Gasteiger partial charge in [0.15, 0.2) is 0 Å². The van der Waals surface area contributed by atoms with E-state index in [9.17, 15) is 18.0 Å². The Morgan fingerprint density at radius 1 is 1.06 bits per heavy atom. The fourth-order valence-electron chi connectivity index (χ4n) is 4.63. The summed E-state index contributed by atoms with van der Waals surface area (Å²) in [5.41, 5.74) is 2.54. The maximum absolute atomic E-state index is 12.9. The topological polar surface area (TPSA) is 80.2 Å². The van der Waals surface area contributed by atoms with Crippen molar-refractivity contribution in [3.63, 3.8) is 0 Å². The molecule has 1 aliphatic carbocycles. The van der Waals surface area contributed by atoms with Crippen molar-refractivity contribution in [3.05, 3.63) is 60.8 Å². The van der Waals surface area contributed by atoms with Gasteiger partial charge < -0.3 is 15.0 Å². The van der Waals surface area contributed by atoms with E-state index in [2.05, 4.69) is 29.9 Å². The molecule has 1 spiro atoms. The largest absolute Gasteiger partial charge is 0.573 e. The van der Waals surface area contributed by atoms with E-state index in [0.717, 1.165) is 48.6 Å². The molecule has 34 heavy (non-hydrogen) atoms. The second-order valence-corrected chi connectivity index (χ2v) is 8.77. The molecule has 0 bridgehead atoms. The van der Waals surface area contributed by atoms with Crippen LogP contribution in [0.3, 0.4) is 0 Å². The van der Waals surface area contributed by atoms with Crippen molar-refractivity contribution >= 4 is 17.4 Å². The van der Waals surface area contributed by atoms with Gasteiger partial charge in [-0.25, -0.2) is 15.0 Å². The molecule has 3 heterocycles. The number of amides is 1. The number of alkyl halides is 3. The van der Waals surface area contributed by atoms with Gasteiger partial charge in [0, 0.05) is 48.5 Å². The number of ether oxygens (including phenoxy) is 1. The van der Waals surface area contributed by atoms with Crippen molar-refractivity contribution in [1.29, 1.82) is 0 Å². The van der Waals surface area contributed by atoms with Gasteiger partial charge in [-0.3, -0.25) is 4.79 Å². The summed E-state index contributed by atoms with van der Waals surface area (Å²) in [5.74, 6) is 0.0000293. The first-order valence-electron chi connectivity index (χ1n) is 11.0. The molecule has 1 saturated carbocycles. The quantitative estimate of drug-likeness (QED) is 0.562. The van der Waals surface area contributed by atoms with Gasteiger partial charge in [-0.1, -0.05) is 6.42 Å². The van der Waals surface area contributed by atoms with E-state index < -0.39 is 12.3 Å². The van der Waals surface area contributed by atoms with Gasteiger partial charge >= 0.3 is 6.36 Å². The first-order valence-corrected chi connectivity index (χ1v) is 11.0. The summed E-state index contributed by atoms with van der Waals surface area (Å²) in [6.45, 7) is 1.85. The molecule has 1 saturated heterocycles. The minimum atomic E-state index is -4.77. The zero-order valence-electron chi connectivity index (χ0n) is 18.2. The third-order valence-electron chi connectivity index (χ3n) is 6.50. The number of pyridine rings is 1. The molecule has 7 nitrogen and oxygen atoms in total. The molecule has 1 N–H and O–H groups in total. The van der Waals surface area contributed by atoms with E-state index in [1.54, 1.807) is 18.5 Å². The van der Waals surface area contributed by atoms with Crippen LogP contribution in [0.5, 0.6) is 5.75 Å². The molecule has 1 amide bonds. The average molecular weight is 469 g/mol. The van der Waals surface area contributed by atoms with Gasteiger partial charge in [0.1, 0.15) is 17.9 Å². The number of anilines is 2. The Kier molecular flexibility index (Phi) is 5.59. The van der Waals surface area contributed by atoms with Gasteiger partial charge in [0.25, 0.3) is 5.91 Å². The van der Waals surface area contributed by atoms with E-state index in [1.807, 2.05) is 0 Å². The lowest BCUT2D eigenvalue weighted by atomic mass is 9.68. The molecule has 3 aromatic rings. The Balaban J connectivity index is 1.38. The van der Waals surface area contributed by atoms with Crippen molar-refractivity contribution < 1.29 is 22.7 Å². The predicted molar refractivity (Wildman–Crippen MR) is 119 cm³/mol. The first-order chi connectivity index (χ1) is 16.3. The minimum absolute atomic E-state index is 0.316. The van der Waals surface area contributed by atoms with Crippen LogP contribution in [-0.4, -0.2) is 40.3 Å². The van der Waals surface area contributed by atoms with Crippen LogP contribution in [0.25, 0.3) is 11.1 Å². The highest BCUT2D eigenvalue weighted by molar-refractivity contribution is 6.05. The SMILES string of the molecule is O=C(Nc1ccc(OC(F)(F)F)cc1)c1cnc(N2CCC3(CCC3)C2)c(-c2cncnc2)c1. The van der Waals surface area contributed by atoms with Crippen LogP contribution in [0.4, 0.5) is 24.7 Å². The molecule has 1 aromatic carbocycles. The number of benzene rings is 1. The van der Waals surface area contributed by atoms with E-state index in [4.69, 9.17) is 0 Å². The lowest BCUT2D eigenvalue weighted by Crippen LogP contribution is -2.33. The molecule has 2 aromatic heterocycles. The van der Waals surface area contributed by atoms with Crippen molar-refractivity contribution in [2.75, 3.05) is 23.3 Å². The van der Waals surface area contributed by atoms with Crippen LogP contribution in [0, 0.1) is 5.41 Å². The number of rotatable bonds is 5. The van der Waals surface area contributed by atoms with E-state index in [1.165, 1.54) is 43.9 Å². The van der Waals surface area contributed by atoms with E-state index in [0.29, 0.717) is 16.7 Å². The van der Waals surface area contributed by atoms with Crippen LogP contribution in [0.15, 0.2) is 55.2 Å². The summed E-state index contributed by atoms with van der Waals surface area (Å²) in [6.07, 6.45) is 6.43. The lowest BCUT2D eigenvalue weighted by Gasteiger charge is -2.38. The summed E-state index contributed by atoms with van der Waals surface area (Å²) in [4.78, 5) is 28.0. The molecule has 0 unspecified atom stereocenters.